The Morgan fingerprint density at radius 3 is 2.06 bits per heavy atom. The summed E-state index contributed by atoms with van der Waals surface area (Å²) in [6, 6.07) is 0. The molecular weight excluding hydrogens is 250 g/mol. The van der Waals surface area contributed by atoms with Crippen LogP contribution >= 0.6 is 0 Å². The minimum absolute atomic E-state index is 0.304. The molecule has 0 radical (unpaired) electrons. The number of aliphatic hydroxyl groups is 1. The van der Waals surface area contributed by atoms with E-state index in [0.717, 1.165) is 20.1 Å². The molecule has 0 fully saturated rings. The van der Waals surface area contributed by atoms with Crippen molar-refractivity contribution in [1.29, 1.82) is 0 Å². The third-order valence-electron chi connectivity index (χ3n) is 1.55. The van der Waals surface area contributed by atoms with Gasteiger partial charge in [0.15, 0.2) is 0 Å². The molecule has 0 saturated carbocycles. The van der Waals surface area contributed by atoms with Crippen molar-refractivity contribution >= 4 is 10.4 Å². The molecule has 0 aromatic rings. The third kappa shape index (κ3) is 18.3. The largest absolute Gasteiger partial charge is 0.726 e. The van der Waals surface area contributed by atoms with Crippen LogP contribution in [0, 0.1) is 0 Å². The highest BCUT2D eigenvalue weighted by molar-refractivity contribution is 7.80. The second kappa shape index (κ2) is 8.78. The predicted octanol–water partition coefficient (Wildman–Crippen LogP) is -0.122. The van der Waals surface area contributed by atoms with Gasteiger partial charge in [0.2, 0.25) is 10.4 Å². The molecule has 0 bridgehead atoms. The van der Waals surface area contributed by atoms with E-state index in [2.05, 4.69) is 11.1 Å². The summed E-state index contributed by atoms with van der Waals surface area (Å²) in [5.41, 5.74) is 0. The van der Waals surface area contributed by atoms with Crippen molar-refractivity contribution in [1.82, 2.24) is 0 Å². The maximum atomic E-state index is 9.22. The Morgan fingerprint density at radius 2 is 1.82 bits per heavy atom. The van der Waals surface area contributed by atoms with Gasteiger partial charge >= 0.3 is 0 Å². The van der Waals surface area contributed by atoms with Gasteiger partial charge in [-0.05, 0) is 13.3 Å². The number of hydroxylamine groups is 3. The number of quaternary nitrogens is 1. The summed E-state index contributed by atoms with van der Waals surface area (Å²) in [5, 5.41) is 9.09. The van der Waals surface area contributed by atoms with Crippen molar-refractivity contribution in [2.24, 2.45) is 0 Å². The van der Waals surface area contributed by atoms with Crippen molar-refractivity contribution in [3.05, 3.63) is 0 Å². The molecule has 1 N–H and O–H groups in total. The Bertz CT molecular complexity index is 275. The smallest absolute Gasteiger partial charge is 0.217 e. The van der Waals surface area contributed by atoms with Crippen LogP contribution in [-0.2, 0) is 19.4 Å². The first-order chi connectivity index (χ1) is 7.54. The number of aliphatic hydroxyl groups excluding tert-OH is 1. The molecule has 0 amide bonds. The van der Waals surface area contributed by atoms with E-state index in [1.807, 2.05) is 14.1 Å². The zero-order valence-electron chi connectivity index (χ0n) is 11.0. The first-order valence-electron chi connectivity index (χ1n) is 5.21. The quantitative estimate of drug-likeness (QED) is 0.314. The molecule has 0 rings (SSSR count). The molecule has 1 unspecified atom stereocenters. The first kappa shape index (κ1) is 19.1. The number of rotatable bonds is 6. The summed E-state index contributed by atoms with van der Waals surface area (Å²) >= 11 is 0. The lowest BCUT2D eigenvalue weighted by atomic mass is 10.4. The molecule has 7 nitrogen and oxygen atoms in total. The van der Waals surface area contributed by atoms with Gasteiger partial charge in [-0.25, -0.2) is 13.3 Å². The van der Waals surface area contributed by atoms with Crippen LogP contribution in [0.3, 0.4) is 0 Å². The molecule has 8 heteroatoms. The predicted molar refractivity (Wildman–Crippen MR) is 61.6 cm³/mol. The lowest BCUT2D eigenvalue weighted by molar-refractivity contribution is -1.08. The van der Waals surface area contributed by atoms with Crippen molar-refractivity contribution in [3.8, 4) is 0 Å². The molecule has 0 saturated heterocycles. The van der Waals surface area contributed by atoms with E-state index in [-0.39, 0.29) is 6.10 Å². The van der Waals surface area contributed by atoms with E-state index in [9.17, 15) is 13.0 Å². The summed E-state index contributed by atoms with van der Waals surface area (Å²) < 4.78 is 31.5. The van der Waals surface area contributed by atoms with Gasteiger partial charge in [-0.1, -0.05) is 6.92 Å². The fraction of sp³-hybridized carbons (Fsp3) is 1.00. The summed E-state index contributed by atoms with van der Waals surface area (Å²) in [6.07, 6.45) is 0.712. The van der Waals surface area contributed by atoms with Gasteiger partial charge in [-0.15, -0.1) is 0 Å². The second-order valence-electron chi connectivity index (χ2n) is 4.01. The monoisotopic (exact) mass is 273 g/mol. The Balaban J connectivity index is 0. The summed E-state index contributed by atoms with van der Waals surface area (Å²) in [7, 11) is 0.289. The van der Waals surface area contributed by atoms with Gasteiger partial charge < -0.3 is 9.66 Å². The molecule has 106 valence electrons. The Hall–Kier alpha value is -0.250. The van der Waals surface area contributed by atoms with Crippen molar-refractivity contribution in [2.75, 3.05) is 34.4 Å². The van der Waals surface area contributed by atoms with Crippen LogP contribution in [0.1, 0.15) is 20.3 Å². The van der Waals surface area contributed by atoms with Crippen LogP contribution in [0.2, 0.25) is 0 Å². The number of hydrogen-bond acceptors (Lipinski definition) is 6. The molecule has 1 atom stereocenters. The SMILES string of the molecule is CCCO[N+](C)(C)CC(C)O.COS(=O)(=O)[O-]. The van der Waals surface area contributed by atoms with Crippen LogP contribution in [0.25, 0.3) is 0 Å². The topological polar surface area (TPSA) is 95.9 Å². The van der Waals surface area contributed by atoms with Gasteiger partial charge in [-0.2, -0.15) is 4.65 Å². The van der Waals surface area contributed by atoms with E-state index in [4.69, 9.17) is 9.94 Å². The molecule has 0 aromatic carbocycles. The van der Waals surface area contributed by atoms with Gasteiger partial charge in [0.1, 0.15) is 19.3 Å². The fourth-order valence-corrected chi connectivity index (χ4v) is 1.03. The number of nitrogens with zero attached hydrogens (tertiary/aromatic N) is 1. The van der Waals surface area contributed by atoms with Crippen molar-refractivity contribution in [2.45, 2.75) is 26.4 Å². The van der Waals surface area contributed by atoms with E-state index in [0.29, 0.717) is 11.2 Å². The fourth-order valence-electron chi connectivity index (χ4n) is 1.03. The summed E-state index contributed by atoms with van der Waals surface area (Å²) in [4.78, 5) is 5.47. The average molecular weight is 273 g/mol. The Kier molecular flexibility index (Phi) is 9.87. The second-order valence-corrected chi connectivity index (χ2v) is 5.16. The highest BCUT2D eigenvalue weighted by Gasteiger charge is 2.18. The lowest BCUT2D eigenvalue weighted by Crippen LogP contribution is -2.44. The van der Waals surface area contributed by atoms with E-state index in [1.165, 1.54) is 0 Å². The van der Waals surface area contributed by atoms with Crippen molar-refractivity contribution < 1.29 is 31.7 Å². The average Bonchev–Trinajstić information content (AvgIpc) is 2.13. The van der Waals surface area contributed by atoms with Gasteiger partial charge in [0, 0.05) is 0 Å². The molecule has 0 spiro atoms. The molecule has 0 aliphatic heterocycles. The highest BCUT2D eigenvalue weighted by Crippen LogP contribution is 2.01. The molecule has 0 aliphatic carbocycles. The Morgan fingerprint density at radius 1 is 1.41 bits per heavy atom. The summed E-state index contributed by atoms with van der Waals surface area (Å²) in [5.74, 6) is 0. The highest BCUT2D eigenvalue weighted by atomic mass is 32.3. The van der Waals surface area contributed by atoms with Crippen LogP contribution in [-0.4, -0.2) is 63.2 Å². The molecule has 0 aromatic heterocycles. The van der Waals surface area contributed by atoms with Gasteiger partial charge in [-0.3, -0.25) is 4.18 Å². The van der Waals surface area contributed by atoms with Gasteiger partial charge in [0.25, 0.3) is 0 Å². The molecule has 17 heavy (non-hydrogen) atoms. The zero-order valence-corrected chi connectivity index (χ0v) is 11.9. The van der Waals surface area contributed by atoms with Gasteiger partial charge in [0.05, 0.1) is 21.2 Å². The summed E-state index contributed by atoms with van der Waals surface area (Å²) in [6.45, 7) is 5.23. The molecular formula is C9H23NO6S. The molecule has 0 aliphatic rings. The Labute approximate surface area is 103 Å². The van der Waals surface area contributed by atoms with E-state index >= 15 is 0 Å². The third-order valence-corrected chi connectivity index (χ3v) is 1.96. The van der Waals surface area contributed by atoms with Crippen LogP contribution in [0.5, 0.6) is 0 Å². The maximum absolute atomic E-state index is 9.22. The lowest BCUT2D eigenvalue weighted by Gasteiger charge is -2.27. The maximum Gasteiger partial charge on any atom is 0.217 e. The zero-order chi connectivity index (χ0) is 14.1. The first-order valence-corrected chi connectivity index (χ1v) is 6.54. The standard InChI is InChI=1S/C8H20NO2.CH4O4S/c1-5-6-11-9(3,4)7-8(2)10;1-5-6(2,3)4/h8,10H,5-7H2,1-4H3;1H3,(H,2,3,4)/q+1;/p-1. The normalized spacial score (nSPS) is 13.8. The number of hydrogen-bond donors (Lipinski definition) is 1. The minimum atomic E-state index is -4.41. The van der Waals surface area contributed by atoms with E-state index in [1.54, 1.807) is 6.92 Å². The van der Waals surface area contributed by atoms with Crippen LogP contribution in [0.4, 0.5) is 0 Å². The number of likely N-dealkylation sites (N-methyl/N-ethyl adjacent to an activating group) is 1. The van der Waals surface area contributed by atoms with Crippen LogP contribution < -0.4 is 0 Å². The molecule has 0 heterocycles. The minimum Gasteiger partial charge on any atom is -0.726 e. The van der Waals surface area contributed by atoms with E-state index < -0.39 is 10.4 Å². The van der Waals surface area contributed by atoms with Crippen molar-refractivity contribution in [3.63, 3.8) is 0 Å². The van der Waals surface area contributed by atoms with Crippen LogP contribution in [0.15, 0.2) is 0 Å².